The van der Waals surface area contributed by atoms with Crippen LogP contribution in [0.15, 0.2) is 34.4 Å². The van der Waals surface area contributed by atoms with E-state index in [1.54, 1.807) is 22.7 Å². The third-order valence-corrected chi connectivity index (χ3v) is 7.41. The first kappa shape index (κ1) is 17.5. The fourth-order valence-electron chi connectivity index (χ4n) is 2.80. The van der Waals surface area contributed by atoms with E-state index in [1.165, 1.54) is 12.8 Å². The highest BCUT2D eigenvalue weighted by Crippen LogP contribution is 2.45. The van der Waals surface area contributed by atoms with Crippen LogP contribution in [0.25, 0.3) is 32.2 Å². The van der Waals surface area contributed by atoms with Gasteiger partial charge in [-0.2, -0.15) is 0 Å². The fraction of sp³-hybridized carbons (Fsp3) is 0.278. The molecule has 0 spiro atoms. The molecule has 5 nitrogen and oxygen atoms in total. The number of imidazole rings is 1. The molecule has 0 bridgehead atoms. The Bertz CT molecular complexity index is 1030. The van der Waals surface area contributed by atoms with Crippen molar-refractivity contribution in [3.05, 3.63) is 30.2 Å². The van der Waals surface area contributed by atoms with Crippen LogP contribution in [0.1, 0.15) is 19.8 Å². The van der Waals surface area contributed by atoms with Crippen LogP contribution in [0, 0.1) is 0 Å². The number of nitrogens with two attached hydrogens (primary N) is 1. The minimum absolute atomic E-state index is 0.834. The Hall–Kier alpha value is -1.90. The zero-order chi connectivity index (χ0) is 18.1. The lowest BCUT2D eigenvalue weighted by atomic mass is 10.1. The fourth-order valence-corrected chi connectivity index (χ4v) is 5.85. The van der Waals surface area contributed by atoms with Crippen LogP contribution in [-0.4, -0.2) is 25.3 Å². The molecule has 0 radical (unpaired) electrons. The maximum Gasteiger partial charge on any atom is 0.141 e. The van der Waals surface area contributed by atoms with Crippen LogP contribution in [0.2, 0.25) is 0 Å². The molecule has 4 rings (SSSR count). The summed E-state index contributed by atoms with van der Waals surface area (Å²) in [5.41, 5.74) is 10.4. The topological polar surface area (TPSA) is 69.6 Å². The van der Waals surface area contributed by atoms with Crippen molar-refractivity contribution in [1.29, 1.82) is 0 Å². The molecule has 4 aromatic heterocycles. The number of fused-ring (bicyclic) bond motifs is 1. The van der Waals surface area contributed by atoms with Gasteiger partial charge >= 0.3 is 0 Å². The minimum atomic E-state index is 0.834. The number of hydrogen-bond acceptors (Lipinski definition) is 7. The van der Waals surface area contributed by atoms with E-state index in [0.29, 0.717) is 0 Å². The second-order valence-electron chi connectivity index (χ2n) is 5.97. The minimum Gasteiger partial charge on any atom is -0.397 e. The van der Waals surface area contributed by atoms with Crippen molar-refractivity contribution < 1.29 is 0 Å². The molecule has 26 heavy (non-hydrogen) atoms. The lowest BCUT2D eigenvalue weighted by Gasteiger charge is -2.07. The predicted octanol–water partition coefficient (Wildman–Crippen LogP) is 5.29. The summed E-state index contributed by atoms with van der Waals surface area (Å²) in [5.74, 6) is 1.08. The molecule has 0 aliphatic rings. The van der Waals surface area contributed by atoms with Gasteiger partial charge in [0.15, 0.2) is 0 Å². The van der Waals surface area contributed by atoms with E-state index in [9.17, 15) is 0 Å². The molecule has 0 amide bonds. The molecular weight excluding hydrogens is 382 g/mol. The van der Waals surface area contributed by atoms with E-state index in [4.69, 9.17) is 10.7 Å². The number of thiazole rings is 1. The molecule has 0 aromatic carbocycles. The van der Waals surface area contributed by atoms with Crippen LogP contribution < -0.4 is 5.73 Å². The van der Waals surface area contributed by atoms with E-state index in [-0.39, 0.29) is 0 Å². The summed E-state index contributed by atoms with van der Waals surface area (Å²) in [6, 6.07) is 2.09. The summed E-state index contributed by atoms with van der Waals surface area (Å²) in [5, 5.41) is 3.92. The van der Waals surface area contributed by atoms with Crippen molar-refractivity contribution in [2.75, 3.05) is 11.5 Å². The first-order chi connectivity index (χ1) is 12.7. The van der Waals surface area contributed by atoms with Crippen molar-refractivity contribution >= 4 is 50.3 Å². The number of pyridine rings is 1. The largest absolute Gasteiger partial charge is 0.397 e. The number of nitrogen functional groups attached to an aromatic ring is 1. The summed E-state index contributed by atoms with van der Waals surface area (Å²) >= 11 is 5.10. The summed E-state index contributed by atoms with van der Waals surface area (Å²) in [6.07, 6.45) is 7.87. The molecule has 0 aliphatic carbocycles. The third-order valence-electron chi connectivity index (χ3n) is 4.14. The molecule has 4 aromatic rings. The number of anilines is 1. The molecule has 0 unspecified atom stereocenters. The number of nitrogens with zero attached hydrogens (tertiary/aromatic N) is 4. The van der Waals surface area contributed by atoms with Crippen molar-refractivity contribution in [2.24, 2.45) is 7.05 Å². The van der Waals surface area contributed by atoms with Gasteiger partial charge < -0.3 is 10.3 Å². The summed E-state index contributed by atoms with van der Waals surface area (Å²) in [7, 11) is 2.00. The average Bonchev–Trinajstić information content (AvgIpc) is 3.36. The first-order valence-electron chi connectivity index (χ1n) is 8.41. The normalized spacial score (nSPS) is 11.5. The molecule has 0 saturated heterocycles. The van der Waals surface area contributed by atoms with Gasteiger partial charge in [0, 0.05) is 29.6 Å². The Morgan fingerprint density at radius 1 is 1.35 bits per heavy atom. The second-order valence-corrected chi connectivity index (χ2v) is 9.22. The van der Waals surface area contributed by atoms with Gasteiger partial charge in [-0.1, -0.05) is 13.3 Å². The number of thioether (sulfide) groups is 1. The van der Waals surface area contributed by atoms with Gasteiger partial charge in [-0.05, 0) is 18.2 Å². The van der Waals surface area contributed by atoms with Crippen molar-refractivity contribution in [2.45, 2.75) is 24.0 Å². The molecule has 0 saturated carbocycles. The van der Waals surface area contributed by atoms with Gasteiger partial charge in [0.05, 0.1) is 28.1 Å². The van der Waals surface area contributed by atoms with Crippen molar-refractivity contribution in [3.8, 4) is 22.0 Å². The Morgan fingerprint density at radius 3 is 2.92 bits per heavy atom. The summed E-state index contributed by atoms with van der Waals surface area (Å²) in [4.78, 5) is 14.5. The SMILES string of the molecule is CCCCSc1sc2nc(-c3nccs3)cc(-c3cncn3C)c2c1N. The third kappa shape index (κ3) is 3.13. The Labute approximate surface area is 164 Å². The average molecular weight is 402 g/mol. The van der Waals surface area contributed by atoms with Crippen LogP contribution in [-0.2, 0) is 7.05 Å². The smallest absolute Gasteiger partial charge is 0.141 e. The van der Waals surface area contributed by atoms with Gasteiger partial charge in [-0.15, -0.1) is 34.4 Å². The molecule has 8 heteroatoms. The highest BCUT2D eigenvalue weighted by atomic mass is 32.2. The molecular formula is C18H19N5S3. The molecule has 2 N–H and O–H groups in total. The van der Waals surface area contributed by atoms with Crippen LogP contribution in [0.5, 0.6) is 0 Å². The number of aryl methyl sites for hydroxylation is 1. The van der Waals surface area contributed by atoms with Crippen LogP contribution >= 0.6 is 34.4 Å². The van der Waals surface area contributed by atoms with Crippen molar-refractivity contribution in [3.63, 3.8) is 0 Å². The standard InChI is InChI=1S/C18H19N5S3/c1-3-4-6-25-18-15(19)14-11(13-9-20-10-23(13)2)8-12(22-17(14)26-18)16-21-5-7-24-16/h5,7-10H,3-4,6,19H2,1-2H3. The quantitative estimate of drug-likeness (QED) is 0.351. The second kappa shape index (κ2) is 7.38. The first-order valence-corrected chi connectivity index (χ1v) is 11.1. The Morgan fingerprint density at radius 2 is 2.23 bits per heavy atom. The zero-order valence-electron chi connectivity index (χ0n) is 14.6. The Balaban J connectivity index is 1.92. The highest BCUT2D eigenvalue weighted by molar-refractivity contribution is 8.01. The molecule has 4 heterocycles. The van der Waals surface area contributed by atoms with Crippen LogP contribution in [0.3, 0.4) is 0 Å². The van der Waals surface area contributed by atoms with E-state index in [1.807, 2.05) is 47.5 Å². The van der Waals surface area contributed by atoms with E-state index in [0.717, 1.165) is 47.8 Å². The van der Waals surface area contributed by atoms with Crippen LogP contribution in [0.4, 0.5) is 5.69 Å². The lowest BCUT2D eigenvalue weighted by molar-refractivity contribution is 0.897. The maximum atomic E-state index is 6.55. The summed E-state index contributed by atoms with van der Waals surface area (Å²) in [6.45, 7) is 2.21. The monoisotopic (exact) mass is 401 g/mol. The Kier molecular flexibility index (Phi) is 4.97. The van der Waals surface area contributed by atoms with Gasteiger partial charge in [-0.3, -0.25) is 0 Å². The van der Waals surface area contributed by atoms with Gasteiger partial charge in [-0.25, -0.2) is 15.0 Å². The zero-order valence-corrected chi connectivity index (χ0v) is 17.0. The number of hydrogen-bond donors (Lipinski definition) is 1. The van der Waals surface area contributed by atoms with Gasteiger partial charge in [0.2, 0.25) is 0 Å². The number of aromatic nitrogens is 4. The van der Waals surface area contributed by atoms with Gasteiger partial charge in [0.25, 0.3) is 0 Å². The molecule has 0 fully saturated rings. The number of thiophene rings is 1. The summed E-state index contributed by atoms with van der Waals surface area (Å²) < 4.78 is 3.17. The maximum absolute atomic E-state index is 6.55. The van der Waals surface area contributed by atoms with Crippen molar-refractivity contribution in [1.82, 2.24) is 19.5 Å². The number of unbranched alkanes of at least 4 members (excludes halogenated alkanes) is 1. The van der Waals surface area contributed by atoms with E-state index < -0.39 is 0 Å². The van der Waals surface area contributed by atoms with E-state index in [2.05, 4.69) is 23.0 Å². The highest BCUT2D eigenvalue weighted by Gasteiger charge is 2.19. The lowest BCUT2D eigenvalue weighted by Crippen LogP contribution is -1.94. The van der Waals surface area contributed by atoms with Gasteiger partial charge in [0.1, 0.15) is 15.5 Å². The number of rotatable bonds is 6. The molecule has 0 aliphatic heterocycles. The van der Waals surface area contributed by atoms with E-state index >= 15 is 0 Å². The predicted molar refractivity (Wildman–Crippen MR) is 113 cm³/mol. The molecule has 0 atom stereocenters. The molecule has 134 valence electrons.